The number of hydrogen-bond acceptors (Lipinski definition) is 1. The van der Waals surface area contributed by atoms with Crippen LogP contribution in [-0.2, 0) is 6.42 Å². The molecule has 0 saturated carbocycles. The van der Waals surface area contributed by atoms with Crippen LogP contribution in [0.1, 0.15) is 24.5 Å². The Morgan fingerprint density at radius 3 is 2.62 bits per heavy atom. The third kappa shape index (κ3) is 3.19. The van der Waals surface area contributed by atoms with Crippen LogP contribution in [0.5, 0.6) is 0 Å². The predicted molar refractivity (Wildman–Crippen MR) is 55.7 cm³/mol. The summed E-state index contributed by atoms with van der Waals surface area (Å²) in [5.41, 5.74) is 2.76. The van der Waals surface area contributed by atoms with Gasteiger partial charge in [-0.3, -0.25) is 0 Å². The maximum Gasteiger partial charge on any atom is 0.0433 e. The maximum atomic E-state index is 8.78. The minimum absolute atomic E-state index is 0.299. The van der Waals surface area contributed by atoms with E-state index in [1.807, 2.05) is 0 Å². The van der Waals surface area contributed by atoms with E-state index in [-0.39, 0.29) is 0 Å². The molecule has 0 saturated heterocycles. The van der Waals surface area contributed by atoms with Crippen LogP contribution in [0.3, 0.4) is 0 Å². The molecule has 0 aliphatic rings. The van der Waals surface area contributed by atoms with Crippen molar-refractivity contribution < 1.29 is 5.11 Å². The molecule has 0 amide bonds. The molecule has 0 bridgehead atoms. The molecule has 1 unspecified atom stereocenters. The zero-order valence-electron chi connectivity index (χ0n) is 8.46. The average Bonchev–Trinajstić information content (AvgIpc) is 2.09. The van der Waals surface area contributed by atoms with Crippen LogP contribution in [0, 0.1) is 12.8 Å². The molecule has 0 aliphatic carbocycles. The van der Waals surface area contributed by atoms with Crippen molar-refractivity contribution in [3.8, 4) is 0 Å². The molecular weight excluding hydrogens is 160 g/mol. The molecular formula is C12H18O. The lowest BCUT2D eigenvalue weighted by atomic mass is 9.95. The summed E-state index contributed by atoms with van der Waals surface area (Å²) in [6, 6.07) is 8.45. The van der Waals surface area contributed by atoms with E-state index >= 15 is 0 Å². The summed E-state index contributed by atoms with van der Waals surface area (Å²) in [6.07, 6.45) is 1.97. The summed E-state index contributed by atoms with van der Waals surface area (Å²) in [4.78, 5) is 0. The van der Waals surface area contributed by atoms with Crippen LogP contribution in [-0.4, -0.2) is 11.7 Å². The van der Waals surface area contributed by atoms with Crippen molar-refractivity contribution in [1.29, 1.82) is 0 Å². The molecule has 0 spiro atoms. The predicted octanol–water partition coefficient (Wildman–Crippen LogP) is 2.56. The highest BCUT2D eigenvalue weighted by atomic mass is 16.3. The van der Waals surface area contributed by atoms with Gasteiger partial charge in [0.15, 0.2) is 0 Å². The second kappa shape index (κ2) is 5.03. The van der Waals surface area contributed by atoms with E-state index in [1.54, 1.807) is 0 Å². The number of aliphatic hydroxyl groups is 1. The van der Waals surface area contributed by atoms with Crippen LogP contribution in [0.2, 0.25) is 0 Å². The molecule has 0 fully saturated rings. The Kier molecular flexibility index (Phi) is 3.97. The van der Waals surface area contributed by atoms with Gasteiger partial charge >= 0.3 is 0 Å². The molecule has 13 heavy (non-hydrogen) atoms. The summed E-state index contributed by atoms with van der Waals surface area (Å²) in [6.45, 7) is 4.62. The first-order chi connectivity index (χ1) is 6.24. The molecule has 1 rings (SSSR count). The molecule has 1 heteroatoms. The van der Waals surface area contributed by atoms with Crippen LogP contribution >= 0.6 is 0 Å². The summed E-state index contributed by atoms with van der Waals surface area (Å²) in [7, 11) is 0. The SMILES string of the molecule is Cc1ccccc1CC(C)CCO. The second-order valence-electron chi connectivity index (χ2n) is 3.75. The van der Waals surface area contributed by atoms with Gasteiger partial charge in [-0.25, -0.2) is 0 Å². The zero-order chi connectivity index (χ0) is 9.68. The first-order valence-electron chi connectivity index (χ1n) is 4.89. The van der Waals surface area contributed by atoms with Crippen molar-refractivity contribution in [1.82, 2.24) is 0 Å². The second-order valence-corrected chi connectivity index (χ2v) is 3.75. The van der Waals surface area contributed by atoms with Crippen LogP contribution < -0.4 is 0 Å². The van der Waals surface area contributed by atoms with Gasteiger partial charge in [-0.2, -0.15) is 0 Å². The Labute approximate surface area is 80.4 Å². The van der Waals surface area contributed by atoms with Gasteiger partial charge in [0.05, 0.1) is 0 Å². The minimum atomic E-state index is 0.299. The lowest BCUT2D eigenvalue weighted by Crippen LogP contribution is -2.03. The van der Waals surface area contributed by atoms with Crippen LogP contribution in [0.4, 0.5) is 0 Å². The summed E-state index contributed by atoms with van der Waals surface area (Å²) in [5, 5.41) is 8.78. The molecule has 72 valence electrons. The third-order valence-electron chi connectivity index (χ3n) is 2.45. The quantitative estimate of drug-likeness (QED) is 0.751. The largest absolute Gasteiger partial charge is 0.396 e. The van der Waals surface area contributed by atoms with Crippen LogP contribution in [0.15, 0.2) is 24.3 Å². The fourth-order valence-corrected chi connectivity index (χ4v) is 1.54. The number of aliphatic hydroxyl groups excluding tert-OH is 1. The Morgan fingerprint density at radius 1 is 1.31 bits per heavy atom. The standard InChI is InChI=1S/C12H18O/c1-10(7-8-13)9-12-6-4-3-5-11(12)2/h3-6,10,13H,7-9H2,1-2H3. The van der Waals surface area contributed by atoms with Gasteiger partial charge < -0.3 is 5.11 Å². The number of rotatable bonds is 4. The summed E-state index contributed by atoms with van der Waals surface area (Å²) < 4.78 is 0. The van der Waals surface area contributed by atoms with Crippen molar-refractivity contribution in [2.45, 2.75) is 26.7 Å². The number of aryl methyl sites for hydroxylation is 1. The van der Waals surface area contributed by atoms with Gasteiger partial charge in [-0.15, -0.1) is 0 Å². The fraction of sp³-hybridized carbons (Fsp3) is 0.500. The topological polar surface area (TPSA) is 20.2 Å². The monoisotopic (exact) mass is 178 g/mol. The Balaban J connectivity index is 2.58. The van der Waals surface area contributed by atoms with Gasteiger partial charge in [-0.05, 0) is 36.8 Å². The van der Waals surface area contributed by atoms with Crippen molar-refractivity contribution in [2.24, 2.45) is 5.92 Å². The van der Waals surface area contributed by atoms with E-state index < -0.39 is 0 Å². The van der Waals surface area contributed by atoms with Gasteiger partial charge in [0, 0.05) is 6.61 Å². The van der Waals surface area contributed by atoms with Crippen molar-refractivity contribution in [3.63, 3.8) is 0 Å². The molecule has 0 radical (unpaired) electrons. The zero-order valence-corrected chi connectivity index (χ0v) is 8.46. The fourth-order valence-electron chi connectivity index (χ4n) is 1.54. The highest BCUT2D eigenvalue weighted by molar-refractivity contribution is 5.25. The van der Waals surface area contributed by atoms with E-state index in [0.717, 1.165) is 12.8 Å². The molecule has 1 nitrogen and oxygen atoms in total. The smallest absolute Gasteiger partial charge is 0.0433 e. The third-order valence-corrected chi connectivity index (χ3v) is 2.45. The van der Waals surface area contributed by atoms with Gasteiger partial charge in [0.25, 0.3) is 0 Å². The number of benzene rings is 1. The number of hydrogen-bond donors (Lipinski definition) is 1. The van der Waals surface area contributed by atoms with E-state index in [4.69, 9.17) is 5.11 Å². The molecule has 1 atom stereocenters. The minimum Gasteiger partial charge on any atom is -0.396 e. The summed E-state index contributed by atoms with van der Waals surface area (Å²) >= 11 is 0. The van der Waals surface area contributed by atoms with E-state index in [1.165, 1.54) is 11.1 Å². The first-order valence-corrected chi connectivity index (χ1v) is 4.89. The van der Waals surface area contributed by atoms with Crippen molar-refractivity contribution in [2.75, 3.05) is 6.61 Å². The Hall–Kier alpha value is -0.820. The van der Waals surface area contributed by atoms with Gasteiger partial charge in [-0.1, -0.05) is 31.2 Å². The Morgan fingerprint density at radius 2 is 2.00 bits per heavy atom. The van der Waals surface area contributed by atoms with Crippen LogP contribution in [0.25, 0.3) is 0 Å². The molecule has 1 N–H and O–H groups in total. The normalized spacial score (nSPS) is 12.8. The molecule has 0 heterocycles. The lowest BCUT2D eigenvalue weighted by Gasteiger charge is -2.11. The lowest BCUT2D eigenvalue weighted by molar-refractivity contribution is 0.262. The van der Waals surface area contributed by atoms with Crippen molar-refractivity contribution >= 4 is 0 Å². The molecule has 1 aromatic rings. The highest BCUT2D eigenvalue weighted by Crippen LogP contribution is 2.14. The highest BCUT2D eigenvalue weighted by Gasteiger charge is 2.04. The average molecular weight is 178 g/mol. The maximum absolute atomic E-state index is 8.78. The Bertz CT molecular complexity index is 255. The van der Waals surface area contributed by atoms with E-state index in [0.29, 0.717) is 12.5 Å². The van der Waals surface area contributed by atoms with Crippen molar-refractivity contribution in [3.05, 3.63) is 35.4 Å². The van der Waals surface area contributed by atoms with Gasteiger partial charge in [0.2, 0.25) is 0 Å². The summed E-state index contributed by atoms with van der Waals surface area (Å²) in [5.74, 6) is 0.575. The molecule has 1 aromatic carbocycles. The van der Waals surface area contributed by atoms with E-state index in [2.05, 4.69) is 38.1 Å². The van der Waals surface area contributed by atoms with Gasteiger partial charge in [0.1, 0.15) is 0 Å². The molecule has 0 aromatic heterocycles. The first kappa shape index (κ1) is 10.3. The molecule has 0 aliphatic heterocycles. The van der Waals surface area contributed by atoms with E-state index in [9.17, 15) is 0 Å².